The normalized spacial score (nSPS) is 15.6. The van der Waals surface area contributed by atoms with E-state index in [0.717, 1.165) is 5.56 Å². The van der Waals surface area contributed by atoms with E-state index in [0.29, 0.717) is 5.92 Å². The smallest absolute Gasteiger partial charge is 0.0479 e. The van der Waals surface area contributed by atoms with Crippen LogP contribution in [0.25, 0.3) is 0 Å². The van der Waals surface area contributed by atoms with Crippen molar-refractivity contribution in [1.82, 2.24) is 0 Å². The Bertz CT molecular complexity index is 418. The van der Waals surface area contributed by atoms with Crippen molar-refractivity contribution < 1.29 is 5.11 Å². The van der Waals surface area contributed by atoms with Gasteiger partial charge in [-0.2, -0.15) is 0 Å². The molecule has 0 aromatic heterocycles. The van der Waals surface area contributed by atoms with E-state index < -0.39 is 0 Å². The predicted molar refractivity (Wildman–Crippen MR) is 82.2 cm³/mol. The molecule has 0 saturated heterocycles. The average Bonchev–Trinajstić information content (AvgIpc) is 2.27. The summed E-state index contributed by atoms with van der Waals surface area (Å²) >= 11 is 0. The van der Waals surface area contributed by atoms with Crippen LogP contribution in [0.2, 0.25) is 0 Å². The van der Waals surface area contributed by atoms with E-state index >= 15 is 0 Å². The van der Waals surface area contributed by atoms with Crippen molar-refractivity contribution in [2.45, 2.75) is 53.0 Å². The lowest BCUT2D eigenvalue weighted by molar-refractivity contribution is 0.165. The minimum Gasteiger partial charge on any atom is -0.396 e. The third-order valence-electron chi connectivity index (χ3n) is 4.02. The molecule has 0 heterocycles. The molecule has 1 rings (SSSR count). The van der Waals surface area contributed by atoms with Gasteiger partial charge in [-0.05, 0) is 34.9 Å². The Morgan fingerprint density at radius 3 is 2.16 bits per heavy atom. The fourth-order valence-electron chi connectivity index (χ4n) is 2.49. The Labute approximate surface area is 118 Å². The van der Waals surface area contributed by atoms with Crippen LogP contribution >= 0.6 is 0 Å². The largest absolute Gasteiger partial charge is 0.396 e. The van der Waals surface area contributed by atoms with Crippen LogP contribution in [-0.2, 0) is 5.41 Å². The Kier molecular flexibility index (Phi) is 5.17. The van der Waals surface area contributed by atoms with Gasteiger partial charge in [0.25, 0.3) is 0 Å². The predicted octanol–water partition coefficient (Wildman–Crippen LogP) is 3.56. The second-order valence-corrected chi connectivity index (χ2v) is 6.94. The highest BCUT2D eigenvalue weighted by atomic mass is 16.3. The molecule has 0 spiro atoms. The quantitative estimate of drug-likeness (QED) is 0.872. The van der Waals surface area contributed by atoms with Crippen LogP contribution in [0.15, 0.2) is 18.2 Å². The number of aryl methyl sites for hydroxylation is 1. The average molecular weight is 263 g/mol. The van der Waals surface area contributed by atoms with Crippen LogP contribution in [0.1, 0.15) is 57.4 Å². The van der Waals surface area contributed by atoms with Crippen LogP contribution in [-0.4, -0.2) is 11.7 Å². The molecule has 0 aliphatic heterocycles. The molecular weight excluding hydrogens is 234 g/mol. The third-order valence-corrected chi connectivity index (χ3v) is 4.02. The molecule has 1 aromatic carbocycles. The van der Waals surface area contributed by atoms with E-state index in [1.54, 1.807) is 0 Å². The second-order valence-electron chi connectivity index (χ2n) is 6.94. The van der Waals surface area contributed by atoms with E-state index in [4.69, 9.17) is 5.73 Å². The molecule has 0 radical (unpaired) electrons. The van der Waals surface area contributed by atoms with Gasteiger partial charge >= 0.3 is 0 Å². The summed E-state index contributed by atoms with van der Waals surface area (Å²) in [6.45, 7) is 13.1. The molecule has 3 N–H and O–H groups in total. The molecule has 0 fully saturated rings. The maximum atomic E-state index is 9.52. The number of hydrogen-bond acceptors (Lipinski definition) is 2. The molecule has 19 heavy (non-hydrogen) atoms. The van der Waals surface area contributed by atoms with Crippen molar-refractivity contribution >= 4 is 0 Å². The van der Waals surface area contributed by atoms with E-state index in [1.807, 2.05) is 0 Å². The summed E-state index contributed by atoms with van der Waals surface area (Å²) in [7, 11) is 0. The first kappa shape index (κ1) is 16.2. The number of aliphatic hydroxyl groups is 1. The molecule has 0 bridgehead atoms. The summed E-state index contributed by atoms with van der Waals surface area (Å²) in [6.07, 6.45) is 0. The van der Waals surface area contributed by atoms with E-state index in [9.17, 15) is 5.11 Å². The van der Waals surface area contributed by atoms with Crippen LogP contribution in [0.4, 0.5) is 0 Å². The van der Waals surface area contributed by atoms with Crippen molar-refractivity contribution in [1.29, 1.82) is 0 Å². The lowest BCUT2D eigenvalue weighted by atomic mass is 9.81. The van der Waals surface area contributed by atoms with Gasteiger partial charge in [-0.15, -0.1) is 0 Å². The summed E-state index contributed by atoms with van der Waals surface area (Å²) in [5, 5.41) is 9.52. The van der Waals surface area contributed by atoms with Crippen molar-refractivity contribution in [3.05, 3.63) is 34.9 Å². The number of benzene rings is 1. The Morgan fingerprint density at radius 1 is 1.21 bits per heavy atom. The zero-order valence-electron chi connectivity index (χ0n) is 13.2. The molecule has 0 saturated carbocycles. The molecule has 2 atom stereocenters. The maximum Gasteiger partial charge on any atom is 0.0479 e. The van der Waals surface area contributed by atoms with Gasteiger partial charge in [0.1, 0.15) is 0 Å². The van der Waals surface area contributed by atoms with Gasteiger partial charge in [-0.3, -0.25) is 0 Å². The number of nitrogens with two attached hydrogens (primary N) is 1. The minimum absolute atomic E-state index is 0.0981. The first-order valence-electron chi connectivity index (χ1n) is 7.16. The first-order valence-corrected chi connectivity index (χ1v) is 7.16. The van der Waals surface area contributed by atoms with Crippen molar-refractivity contribution in [3.63, 3.8) is 0 Å². The zero-order valence-corrected chi connectivity index (χ0v) is 13.2. The topological polar surface area (TPSA) is 46.2 Å². The molecule has 1 aromatic rings. The van der Waals surface area contributed by atoms with Crippen molar-refractivity contribution in [2.24, 2.45) is 17.6 Å². The lowest BCUT2D eigenvalue weighted by Crippen LogP contribution is -2.29. The van der Waals surface area contributed by atoms with E-state index in [1.165, 1.54) is 11.1 Å². The summed E-state index contributed by atoms with van der Waals surface area (Å²) in [5.74, 6) is 0.487. The Hall–Kier alpha value is -0.860. The summed E-state index contributed by atoms with van der Waals surface area (Å²) in [4.78, 5) is 0. The maximum absolute atomic E-state index is 9.52. The van der Waals surface area contributed by atoms with Crippen molar-refractivity contribution in [3.8, 4) is 0 Å². The lowest BCUT2D eigenvalue weighted by Gasteiger charge is -2.28. The number of aliphatic hydroxyl groups excluding tert-OH is 1. The fourth-order valence-corrected chi connectivity index (χ4v) is 2.49. The molecule has 108 valence electrons. The van der Waals surface area contributed by atoms with Crippen molar-refractivity contribution in [2.75, 3.05) is 6.61 Å². The summed E-state index contributed by atoms with van der Waals surface area (Å²) in [5.41, 5.74) is 10.2. The number of rotatable bonds is 4. The van der Waals surface area contributed by atoms with Gasteiger partial charge in [-0.25, -0.2) is 0 Å². The standard InChI is InChI=1S/C17H29NO/c1-11(2)15(10-19)16(18)14-8-7-13(9-12(14)3)17(4,5)6/h7-9,11,15-16,19H,10,18H2,1-6H3. The molecule has 2 heteroatoms. The van der Waals surface area contributed by atoms with Gasteiger partial charge in [0, 0.05) is 18.6 Å². The van der Waals surface area contributed by atoms with E-state index in [2.05, 4.69) is 59.7 Å². The molecule has 0 amide bonds. The van der Waals surface area contributed by atoms with Gasteiger partial charge in [0.15, 0.2) is 0 Å². The number of hydrogen-bond donors (Lipinski definition) is 2. The molecular formula is C17H29NO. The zero-order chi connectivity index (χ0) is 14.8. The highest BCUT2D eigenvalue weighted by Crippen LogP contribution is 2.31. The highest BCUT2D eigenvalue weighted by Gasteiger charge is 2.24. The van der Waals surface area contributed by atoms with Crippen LogP contribution < -0.4 is 5.73 Å². The third kappa shape index (κ3) is 3.80. The fraction of sp³-hybridized carbons (Fsp3) is 0.647. The monoisotopic (exact) mass is 263 g/mol. The summed E-state index contributed by atoms with van der Waals surface area (Å²) in [6, 6.07) is 6.42. The van der Waals surface area contributed by atoms with Crippen LogP contribution in [0, 0.1) is 18.8 Å². The molecule has 0 aliphatic rings. The minimum atomic E-state index is -0.0981. The molecule has 0 aliphatic carbocycles. The van der Waals surface area contributed by atoms with Gasteiger partial charge in [0.05, 0.1) is 0 Å². The van der Waals surface area contributed by atoms with Gasteiger partial charge in [0.2, 0.25) is 0 Å². The Morgan fingerprint density at radius 2 is 1.79 bits per heavy atom. The van der Waals surface area contributed by atoms with Crippen LogP contribution in [0.5, 0.6) is 0 Å². The SMILES string of the molecule is Cc1cc(C(C)(C)C)ccc1C(N)C(CO)C(C)C. The second kappa shape index (κ2) is 6.06. The molecule has 2 nitrogen and oxygen atoms in total. The first-order chi connectivity index (χ1) is 8.68. The summed E-state index contributed by atoms with van der Waals surface area (Å²) < 4.78 is 0. The molecule has 2 unspecified atom stereocenters. The van der Waals surface area contributed by atoms with Gasteiger partial charge in [-0.1, -0.05) is 52.8 Å². The highest BCUT2D eigenvalue weighted by molar-refractivity contribution is 5.36. The van der Waals surface area contributed by atoms with E-state index in [-0.39, 0.29) is 24.0 Å². The Balaban J connectivity index is 3.09. The van der Waals surface area contributed by atoms with Crippen LogP contribution in [0.3, 0.4) is 0 Å². The van der Waals surface area contributed by atoms with Gasteiger partial charge < -0.3 is 10.8 Å².